The van der Waals surface area contributed by atoms with Crippen LogP contribution >= 0.6 is 15.9 Å². The summed E-state index contributed by atoms with van der Waals surface area (Å²) in [6, 6.07) is 4.64. The number of sulfonamides is 1. The number of ether oxygens (including phenoxy) is 2. The van der Waals surface area contributed by atoms with Crippen molar-refractivity contribution in [2.24, 2.45) is 0 Å². The Hall–Kier alpha value is -1.12. The van der Waals surface area contributed by atoms with E-state index >= 15 is 0 Å². The van der Waals surface area contributed by atoms with Crippen LogP contribution in [0.2, 0.25) is 0 Å². The summed E-state index contributed by atoms with van der Waals surface area (Å²) in [6.07, 6.45) is 0. The van der Waals surface area contributed by atoms with E-state index in [-0.39, 0.29) is 17.2 Å². The van der Waals surface area contributed by atoms with E-state index in [0.29, 0.717) is 4.47 Å². The quantitative estimate of drug-likeness (QED) is 0.718. The molecule has 0 aliphatic rings. The highest BCUT2D eigenvalue weighted by atomic mass is 79.9. The fourth-order valence-corrected chi connectivity index (χ4v) is 3.47. The number of nitrogens with zero attached hydrogens (tertiary/aromatic N) is 1. The number of carbonyl (C=O) groups is 1. The summed E-state index contributed by atoms with van der Waals surface area (Å²) in [5, 5.41) is 0. The molecule has 1 rings (SSSR count). The van der Waals surface area contributed by atoms with Gasteiger partial charge in [-0.3, -0.25) is 4.79 Å². The minimum atomic E-state index is -3.88. The number of esters is 1. The molecule has 0 spiro atoms. The van der Waals surface area contributed by atoms with Gasteiger partial charge in [0.1, 0.15) is 22.8 Å². The first-order valence-electron chi connectivity index (χ1n) is 6.49. The Morgan fingerprint density at radius 1 is 1.32 bits per heavy atom. The molecule has 0 radical (unpaired) electrons. The number of halogens is 1. The number of likely N-dealkylation sites (N-methyl/N-ethyl adjacent to an activating group) is 1. The van der Waals surface area contributed by atoms with Crippen LogP contribution < -0.4 is 4.74 Å². The fraction of sp³-hybridized carbons (Fsp3) is 0.500. The zero-order valence-electron chi connectivity index (χ0n) is 13.2. The molecule has 0 aliphatic heterocycles. The van der Waals surface area contributed by atoms with Crippen LogP contribution in [-0.2, 0) is 19.6 Å². The van der Waals surface area contributed by atoms with Gasteiger partial charge in [-0.2, -0.15) is 4.31 Å². The Morgan fingerprint density at radius 3 is 2.41 bits per heavy atom. The molecule has 22 heavy (non-hydrogen) atoms. The van der Waals surface area contributed by atoms with Crippen molar-refractivity contribution in [3.63, 3.8) is 0 Å². The number of carbonyl (C=O) groups excluding carboxylic acids is 1. The molecule has 0 bridgehead atoms. The third-order valence-electron chi connectivity index (χ3n) is 2.59. The molecule has 0 saturated carbocycles. The molecule has 124 valence electrons. The Morgan fingerprint density at radius 2 is 1.91 bits per heavy atom. The van der Waals surface area contributed by atoms with Crippen molar-refractivity contribution >= 4 is 31.9 Å². The fourth-order valence-electron chi connectivity index (χ4n) is 1.66. The largest absolute Gasteiger partial charge is 0.495 e. The summed E-state index contributed by atoms with van der Waals surface area (Å²) >= 11 is 3.23. The summed E-state index contributed by atoms with van der Waals surface area (Å²) in [4.78, 5) is 11.8. The van der Waals surface area contributed by atoms with Gasteiger partial charge >= 0.3 is 5.97 Å². The van der Waals surface area contributed by atoms with Crippen LogP contribution in [-0.4, -0.2) is 45.0 Å². The first kappa shape index (κ1) is 18.9. The first-order chi connectivity index (χ1) is 9.97. The van der Waals surface area contributed by atoms with E-state index in [1.807, 2.05) is 0 Å². The minimum Gasteiger partial charge on any atom is -0.495 e. The standard InChI is InChI=1S/C14H20BrNO5S/c1-14(2,3)21-13(17)9-16(4)22(18,19)12-8-10(15)6-7-11(12)20-5/h6-8H,9H2,1-5H3. The molecular formula is C14H20BrNO5S. The molecule has 6 nitrogen and oxygen atoms in total. The summed E-state index contributed by atoms with van der Waals surface area (Å²) < 4.78 is 36.9. The Bertz CT molecular complexity index is 652. The lowest BCUT2D eigenvalue weighted by Crippen LogP contribution is -2.36. The maximum absolute atomic E-state index is 12.6. The lowest BCUT2D eigenvalue weighted by atomic mass is 10.2. The summed E-state index contributed by atoms with van der Waals surface area (Å²) in [5.74, 6) is -0.410. The van der Waals surface area contributed by atoms with Crippen molar-refractivity contribution < 1.29 is 22.7 Å². The molecule has 0 aromatic heterocycles. The molecule has 1 aromatic carbocycles. The van der Waals surface area contributed by atoms with Crippen LogP contribution in [0, 0.1) is 0 Å². The van der Waals surface area contributed by atoms with Crippen molar-refractivity contribution in [2.45, 2.75) is 31.3 Å². The maximum Gasteiger partial charge on any atom is 0.321 e. The van der Waals surface area contributed by atoms with Crippen molar-refractivity contribution in [1.29, 1.82) is 0 Å². The second-order valence-corrected chi connectivity index (χ2v) is 8.57. The zero-order chi connectivity index (χ0) is 17.1. The van der Waals surface area contributed by atoms with E-state index < -0.39 is 21.6 Å². The van der Waals surface area contributed by atoms with Gasteiger partial charge in [-0.1, -0.05) is 15.9 Å². The highest BCUT2D eigenvalue weighted by Crippen LogP contribution is 2.29. The maximum atomic E-state index is 12.6. The molecule has 0 unspecified atom stereocenters. The molecule has 0 aliphatic carbocycles. The monoisotopic (exact) mass is 393 g/mol. The van der Waals surface area contributed by atoms with Crippen LogP contribution in [0.15, 0.2) is 27.6 Å². The summed E-state index contributed by atoms with van der Waals surface area (Å²) in [5.41, 5.74) is -0.671. The number of benzene rings is 1. The minimum absolute atomic E-state index is 0.0181. The molecule has 0 heterocycles. The molecule has 0 N–H and O–H groups in total. The lowest BCUT2D eigenvalue weighted by Gasteiger charge is -2.23. The third kappa shape index (κ3) is 4.96. The van der Waals surface area contributed by atoms with Crippen LogP contribution in [0.25, 0.3) is 0 Å². The molecular weight excluding hydrogens is 374 g/mol. The van der Waals surface area contributed by atoms with Gasteiger partial charge in [0.15, 0.2) is 0 Å². The van der Waals surface area contributed by atoms with E-state index in [9.17, 15) is 13.2 Å². The topological polar surface area (TPSA) is 72.9 Å². The number of rotatable bonds is 5. The lowest BCUT2D eigenvalue weighted by molar-refractivity contribution is -0.154. The Balaban J connectivity index is 3.04. The van der Waals surface area contributed by atoms with E-state index in [1.54, 1.807) is 26.8 Å². The van der Waals surface area contributed by atoms with Crippen LogP contribution in [0.1, 0.15) is 20.8 Å². The molecule has 0 saturated heterocycles. The predicted octanol–water partition coefficient (Wildman–Crippen LogP) is 2.42. The second-order valence-electron chi connectivity index (χ2n) is 5.64. The third-order valence-corrected chi connectivity index (χ3v) is 4.90. The predicted molar refractivity (Wildman–Crippen MR) is 86.4 cm³/mol. The molecule has 0 atom stereocenters. The molecule has 8 heteroatoms. The Kier molecular flexibility index (Phi) is 6.00. The van der Waals surface area contributed by atoms with Crippen LogP contribution in [0.3, 0.4) is 0 Å². The van der Waals surface area contributed by atoms with Gasteiger partial charge < -0.3 is 9.47 Å². The van der Waals surface area contributed by atoms with E-state index in [4.69, 9.17) is 9.47 Å². The first-order valence-corrected chi connectivity index (χ1v) is 8.72. The summed E-state index contributed by atoms with van der Waals surface area (Å²) in [6.45, 7) is 4.78. The molecule has 0 fully saturated rings. The zero-order valence-corrected chi connectivity index (χ0v) is 15.6. The van der Waals surface area contributed by atoms with Crippen LogP contribution in [0.5, 0.6) is 5.75 Å². The SMILES string of the molecule is COc1ccc(Br)cc1S(=O)(=O)N(C)CC(=O)OC(C)(C)C. The normalized spacial score (nSPS) is 12.3. The van der Waals surface area contributed by atoms with E-state index in [0.717, 1.165) is 4.31 Å². The van der Waals surface area contributed by atoms with Crippen molar-refractivity contribution in [2.75, 3.05) is 20.7 Å². The smallest absolute Gasteiger partial charge is 0.321 e. The number of hydrogen-bond donors (Lipinski definition) is 0. The number of hydrogen-bond acceptors (Lipinski definition) is 5. The highest BCUT2D eigenvalue weighted by molar-refractivity contribution is 9.10. The second kappa shape index (κ2) is 6.97. The average molecular weight is 394 g/mol. The van der Waals surface area contributed by atoms with Crippen molar-refractivity contribution in [3.8, 4) is 5.75 Å². The summed E-state index contributed by atoms with van der Waals surface area (Å²) in [7, 11) is -1.17. The van der Waals surface area contributed by atoms with Gasteiger partial charge in [0.2, 0.25) is 10.0 Å². The average Bonchev–Trinajstić information content (AvgIpc) is 2.36. The van der Waals surface area contributed by atoms with Gasteiger partial charge in [0, 0.05) is 11.5 Å². The Labute approximate surface area is 139 Å². The molecule has 0 amide bonds. The van der Waals surface area contributed by atoms with Crippen molar-refractivity contribution in [1.82, 2.24) is 4.31 Å². The molecule has 1 aromatic rings. The highest BCUT2D eigenvalue weighted by Gasteiger charge is 2.28. The van der Waals surface area contributed by atoms with E-state index in [2.05, 4.69) is 15.9 Å². The number of methoxy groups -OCH3 is 1. The van der Waals surface area contributed by atoms with Gasteiger partial charge in [-0.25, -0.2) is 8.42 Å². The van der Waals surface area contributed by atoms with Gasteiger partial charge in [-0.15, -0.1) is 0 Å². The van der Waals surface area contributed by atoms with Gasteiger partial charge in [-0.05, 0) is 39.0 Å². The van der Waals surface area contributed by atoms with Crippen molar-refractivity contribution in [3.05, 3.63) is 22.7 Å². The van der Waals surface area contributed by atoms with Gasteiger partial charge in [0.25, 0.3) is 0 Å². The van der Waals surface area contributed by atoms with E-state index in [1.165, 1.54) is 26.3 Å². The van der Waals surface area contributed by atoms with Crippen LogP contribution in [0.4, 0.5) is 0 Å². The van der Waals surface area contributed by atoms with Gasteiger partial charge in [0.05, 0.1) is 7.11 Å².